The van der Waals surface area contributed by atoms with Crippen molar-refractivity contribution in [3.05, 3.63) is 42.1 Å². The number of benzene rings is 2. The van der Waals surface area contributed by atoms with Crippen molar-refractivity contribution in [3.63, 3.8) is 0 Å². The van der Waals surface area contributed by atoms with Crippen molar-refractivity contribution in [2.45, 2.75) is 13.8 Å². The molecule has 0 saturated heterocycles. The molecule has 0 aliphatic heterocycles. The zero-order chi connectivity index (χ0) is 18.7. The first-order valence-corrected chi connectivity index (χ1v) is 8.31. The van der Waals surface area contributed by atoms with E-state index in [0.29, 0.717) is 18.1 Å². The van der Waals surface area contributed by atoms with Crippen LogP contribution in [-0.4, -0.2) is 36.4 Å². The number of hydrogen-bond acceptors (Lipinski definition) is 4. The van der Waals surface area contributed by atoms with Crippen molar-refractivity contribution in [3.8, 4) is 28.4 Å². The summed E-state index contributed by atoms with van der Waals surface area (Å²) in [6, 6.07) is 11.3. The number of aliphatic carboxylic acids is 1. The van der Waals surface area contributed by atoms with E-state index in [1.807, 2.05) is 44.2 Å². The number of ether oxygens (including phenoxy) is 3. The number of fused-ring (bicyclic) bond motifs is 1. The summed E-state index contributed by atoms with van der Waals surface area (Å²) in [5, 5.41) is 9.95. The van der Waals surface area contributed by atoms with Gasteiger partial charge in [0.15, 0.2) is 6.61 Å². The molecule has 2 N–H and O–H groups in total. The largest absolute Gasteiger partial charge is 0.497 e. The van der Waals surface area contributed by atoms with Gasteiger partial charge in [-0.05, 0) is 44.2 Å². The lowest BCUT2D eigenvalue weighted by Crippen LogP contribution is -2.10. The Balaban J connectivity index is 2.16. The van der Waals surface area contributed by atoms with Crippen LogP contribution in [-0.2, 0) is 4.79 Å². The van der Waals surface area contributed by atoms with Crippen molar-refractivity contribution in [1.29, 1.82) is 0 Å². The van der Waals surface area contributed by atoms with Crippen LogP contribution in [0.3, 0.4) is 0 Å². The van der Waals surface area contributed by atoms with Gasteiger partial charge >= 0.3 is 5.97 Å². The third-order valence-corrected chi connectivity index (χ3v) is 4.08. The van der Waals surface area contributed by atoms with E-state index in [0.717, 1.165) is 33.5 Å². The third kappa shape index (κ3) is 3.44. The Morgan fingerprint density at radius 3 is 2.58 bits per heavy atom. The molecule has 136 valence electrons. The highest BCUT2D eigenvalue weighted by atomic mass is 16.5. The first-order valence-electron chi connectivity index (χ1n) is 8.31. The summed E-state index contributed by atoms with van der Waals surface area (Å²) in [6.07, 6.45) is 0. The lowest BCUT2D eigenvalue weighted by atomic mass is 10.0. The van der Waals surface area contributed by atoms with E-state index in [4.69, 9.17) is 19.3 Å². The summed E-state index contributed by atoms with van der Waals surface area (Å²) in [4.78, 5) is 14.3. The summed E-state index contributed by atoms with van der Waals surface area (Å²) in [5.74, 6) is 0.800. The van der Waals surface area contributed by atoms with E-state index in [-0.39, 0.29) is 0 Å². The molecule has 0 bridgehead atoms. The number of aromatic amines is 1. The Morgan fingerprint density at radius 2 is 1.88 bits per heavy atom. The quantitative estimate of drug-likeness (QED) is 0.669. The fourth-order valence-electron chi connectivity index (χ4n) is 3.00. The molecule has 26 heavy (non-hydrogen) atoms. The summed E-state index contributed by atoms with van der Waals surface area (Å²) in [6.45, 7) is 4.07. The van der Waals surface area contributed by atoms with Crippen molar-refractivity contribution in [2.24, 2.45) is 0 Å². The maximum Gasteiger partial charge on any atom is 0.341 e. The second-order valence-electron chi connectivity index (χ2n) is 5.81. The standard InChI is InChI=1S/C20H21NO5/c1-4-25-14-6-8-17-16(9-14)20(12(2)21-17)15-7-5-13(24-3)10-18(15)26-11-19(22)23/h5-10,21H,4,11H2,1-3H3,(H,22,23). The summed E-state index contributed by atoms with van der Waals surface area (Å²) in [5.41, 5.74) is 3.67. The summed E-state index contributed by atoms with van der Waals surface area (Å²) >= 11 is 0. The van der Waals surface area contributed by atoms with Crippen molar-refractivity contribution in [1.82, 2.24) is 4.98 Å². The molecule has 6 heteroatoms. The molecule has 0 radical (unpaired) electrons. The lowest BCUT2D eigenvalue weighted by molar-refractivity contribution is -0.139. The Hall–Kier alpha value is -3.15. The molecule has 0 atom stereocenters. The smallest absolute Gasteiger partial charge is 0.341 e. The lowest BCUT2D eigenvalue weighted by Gasteiger charge is -2.13. The monoisotopic (exact) mass is 355 g/mol. The molecule has 0 unspecified atom stereocenters. The number of carboxylic acids is 1. The third-order valence-electron chi connectivity index (χ3n) is 4.08. The molecule has 3 rings (SSSR count). The fraction of sp³-hybridized carbons (Fsp3) is 0.250. The molecule has 0 aliphatic rings. The van der Waals surface area contributed by atoms with Gasteiger partial charge in [0.1, 0.15) is 17.2 Å². The van der Waals surface area contributed by atoms with Crippen LogP contribution in [0.25, 0.3) is 22.0 Å². The highest BCUT2D eigenvalue weighted by Crippen LogP contribution is 2.40. The molecule has 0 fully saturated rings. The van der Waals surface area contributed by atoms with Gasteiger partial charge in [0.2, 0.25) is 0 Å². The van der Waals surface area contributed by atoms with Crippen molar-refractivity contribution < 1.29 is 24.1 Å². The number of nitrogens with one attached hydrogen (secondary N) is 1. The van der Waals surface area contributed by atoms with Crippen LogP contribution in [0, 0.1) is 6.92 Å². The molecule has 0 saturated carbocycles. The number of hydrogen-bond donors (Lipinski definition) is 2. The topological polar surface area (TPSA) is 80.8 Å². The van der Waals surface area contributed by atoms with Crippen LogP contribution in [0.4, 0.5) is 0 Å². The number of carbonyl (C=O) groups is 1. The second kappa shape index (κ2) is 7.39. The van der Waals surface area contributed by atoms with Crippen LogP contribution in [0.2, 0.25) is 0 Å². The molecule has 0 spiro atoms. The predicted molar refractivity (Wildman–Crippen MR) is 99.3 cm³/mol. The first-order chi connectivity index (χ1) is 12.5. The van der Waals surface area contributed by atoms with Gasteiger partial charge < -0.3 is 24.3 Å². The van der Waals surface area contributed by atoms with E-state index < -0.39 is 12.6 Å². The predicted octanol–water partition coefficient (Wildman–Crippen LogP) is 4.01. The van der Waals surface area contributed by atoms with Crippen LogP contribution >= 0.6 is 0 Å². The van der Waals surface area contributed by atoms with Gasteiger partial charge in [0.05, 0.1) is 13.7 Å². The second-order valence-corrected chi connectivity index (χ2v) is 5.81. The van der Waals surface area contributed by atoms with Gasteiger partial charge in [-0.25, -0.2) is 4.79 Å². The van der Waals surface area contributed by atoms with Crippen LogP contribution in [0.1, 0.15) is 12.6 Å². The van der Waals surface area contributed by atoms with Crippen LogP contribution in [0.5, 0.6) is 17.2 Å². The zero-order valence-corrected chi connectivity index (χ0v) is 15.0. The molecule has 0 aliphatic carbocycles. The minimum Gasteiger partial charge on any atom is -0.497 e. The highest BCUT2D eigenvalue weighted by Gasteiger charge is 2.17. The first kappa shape index (κ1) is 17.7. The van der Waals surface area contributed by atoms with Crippen molar-refractivity contribution >= 4 is 16.9 Å². The summed E-state index contributed by atoms with van der Waals surface area (Å²) < 4.78 is 16.4. The molecule has 2 aromatic carbocycles. The van der Waals surface area contributed by atoms with Crippen molar-refractivity contribution in [2.75, 3.05) is 20.3 Å². The molecule has 0 amide bonds. The van der Waals surface area contributed by atoms with E-state index in [9.17, 15) is 4.79 Å². The Labute approximate surface area is 151 Å². The molecule has 1 aromatic heterocycles. The zero-order valence-electron chi connectivity index (χ0n) is 15.0. The van der Waals surface area contributed by atoms with Crippen LogP contribution in [0.15, 0.2) is 36.4 Å². The minimum absolute atomic E-state index is 0.425. The maximum absolute atomic E-state index is 10.9. The number of carboxylic acid groups (broad SMARTS) is 1. The van der Waals surface area contributed by atoms with Gasteiger partial charge in [0.25, 0.3) is 0 Å². The normalized spacial score (nSPS) is 10.7. The molecular formula is C20H21NO5. The average molecular weight is 355 g/mol. The van der Waals surface area contributed by atoms with Gasteiger partial charge in [-0.1, -0.05) is 0 Å². The SMILES string of the molecule is CCOc1ccc2[nH]c(C)c(-c3ccc(OC)cc3OCC(=O)O)c2c1. The van der Waals surface area contributed by atoms with Gasteiger partial charge in [-0.15, -0.1) is 0 Å². The van der Waals surface area contributed by atoms with Gasteiger partial charge in [-0.3, -0.25) is 0 Å². The maximum atomic E-state index is 10.9. The highest BCUT2D eigenvalue weighted by molar-refractivity contribution is 5.99. The minimum atomic E-state index is -1.03. The Kier molecular flexibility index (Phi) is 5.02. The van der Waals surface area contributed by atoms with Gasteiger partial charge in [0, 0.05) is 33.8 Å². The number of methoxy groups -OCH3 is 1. The van der Waals surface area contributed by atoms with E-state index in [1.165, 1.54) is 0 Å². The van der Waals surface area contributed by atoms with E-state index in [2.05, 4.69) is 4.98 Å². The van der Waals surface area contributed by atoms with Gasteiger partial charge in [-0.2, -0.15) is 0 Å². The number of aromatic nitrogens is 1. The van der Waals surface area contributed by atoms with E-state index >= 15 is 0 Å². The fourth-order valence-corrected chi connectivity index (χ4v) is 3.00. The molecule has 3 aromatic rings. The molecule has 6 nitrogen and oxygen atoms in total. The molecular weight excluding hydrogens is 334 g/mol. The Morgan fingerprint density at radius 1 is 1.12 bits per heavy atom. The number of H-pyrrole nitrogens is 1. The number of aryl methyl sites for hydroxylation is 1. The Bertz CT molecular complexity index is 945. The summed E-state index contributed by atoms with van der Waals surface area (Å²) in [7, 11) is 1.56. The number of rotatable bonds is 7. The average Bonchev–Trinajstić information content (AvgIpc) is 2.95. The van der Waals surface area contributed by atoms with E-state index in [1.54, 1.807) is 13.2 Å². The van der Waals surface area contributed by atoms with Crippen LogP contribution < -0.4 is 14.2 Å². The molecule has 1 heterocycles.